The van der Waals surface area contributed by atoms with E-state index in [1.165, 1.54) is 48.5 Å². The van der Waals surface area contributed by atoms with E-state index in [-0.39, 0.29) is 29.1 Å². The molecule has 0 aliphatic carbocycles. The summed E-state index contributed by atoms with van der Waals surface area (Å²) in [6.07, 6.45) is 1.41. The summed E-state index contributed by atoms with van der Waals surface area (Å²) in [6.45, 7) is 4.50. The molecule has 3 aromatic carbocycles. The molecule has 0 atom stereocenters. The van der Waals surface area contributed by atoms with E-state index in [2.05, 4.69) is 4.90 Å². The van der Waals surface area contributed by atoms with Gasteiger partial charge in [0.2, 0.25) is 0 Å². The Morgan fingerprint density at radius 3 is 2.11 bits per heavy atom. The van der Waals surface area contributed by atoms with Crippen LogP contribution in [0.1, 0.15) is 39.1 Å². The molecule has 0 saturated carbocycles. The van der Waals surface area contributed by atoms with Gasteiger partial charge in [-0.15, -0.1) is 0 Å². The number of nitro benzene ring substituents is 1. The van der Waals surface area contributed by atoms with Crippen molar-refractivity contribution in [3.8, 4) is 0 Å². The highest BCUT2D eigenvalue weighted by Gasteiger charge is 2.27. The number of carbonyl (C=O) groups excluding carboxylic acids is 2. The number of hydrogen-bond acceptors (Lipinski definition) is 5. The Labute approximate surface area is 209 Å². The molecule has 8 heteroatoms. The van der Waals surface area contributed by atoms with Crippen molar-refractivity contribution in [3.63, 3.8) is 0 Å². The number of carbonyl (C=O) groups is 2. The van der Waals surface area contributed by atoms with Gasteiger partial charge in [-0.1, -0.05) is 17.7 Å². The summed E-state index contributed by atoms with van der Waals surface area (Å²) in [7, 11) is 0. The summed E-state index contributed by atoms with van der Waals surface area (Å²) in [4.78, 5) is 40.6. The van der Waals surface area contributed by atoms with Crippen LogP contribution in [-0.4, -0.2) is 47.7 Å². The van der Waals surface area contributed by atoms with Crippen LogP contribution >= 0.6 is 0 Å². The van der Waals surface area contributed by atoms with E-state index in [0.29, 0.717) is 37.1 Å². The summed E-state index contributed by atoms with van der Waals surface area (Å²) >= 11 is 0. The lowest BCUT2D eigenvalue weighted by molar-refractivity contribution is -0.384. The Morgan fingerprint density at radius 1 is 0.944 bits per heavy atom. The van der Waals surface area contributed by atoms with Crippen LogP contribution in [0.5, 0.6) is 0 Å². The van der Waals surface area contributed by atoms with Crippen molar-refractivity contribution in [2.75, 3.05) is 31.1 Å². The monoisotopic (exact) mass is 489 g/mol. The van der Waals surface area contributed by atoms with E-state index in [0.717, 1.165) is 24.3 Å². The smallest absolute Gasteiger partial charge is 0.269 e. The van der Waals surface area contributed by atoms with Crippen molar-refractivity contribution < 1.29 is 18.9 Å². The largest absolute Gasteiger partial charge is 0.307 e. The lowest BCUT2D eigenvalue weighted by atomic mass is 9.89. The molecule has 0 N–H and O–H groups in total. The van der Waals surface area contributed by atoms with Crippen molar-refractivity contribution >= 4 is 23.1 Å². The maximum atomic E-state index is 13.4. The number of hydrogen-bond donors (Lipinski definition) is 0. The maximum Gasteiger partial charge on any atom is 0.269 e. The van der Waals surface area contributed by atoms with Gasteiger partial charge in [-0.3, -0.25) is 19.7 Å². The van der Waals surface area contributed by atoms with Crippen LogP contribution in [0.3, 0.4) is 0 Å². The number of rotatable bonds is 8. The Bertz CT molecular complexity index is 1220. The summed E-state index contributed by atoms with van der Waals surface area (Å²) in [6, 6.07) is 19.0. The van der Waals surface area contributed by atoms with Gasteiger partial charge in [0.15, 0.2) is 5.78 Å². The van der Waals surface area contributed by atoms with E-state index in [4.69, 9.17) is 0 Å². The molecule has 1 aliphatic heterocycles. The molecule has 0 unspecified atom stereocenters. The number of halogens is 1. The molecule has 4 rings (SSSR count). The number of nitrogens with zero attached hydrogens (tertiary/aromatic N) is 3. The number of Topliss-reactive ketones (excluding diaryl/α,β-unsaturated/α-hetero) is 1. The normalized spacial score (nSPS) is 14.4. The van der Waals surface area contributed by atoms with Gasteiger partial charge in [-0.2, -0.15) is 0 Å². The van der Waals surface area contributed by atoms with Gasteiger partial charge in [-0.05, 0) is 81.4 Å². The van der Waals surface area contributed by atoms with Crippen molar-refractivity contribution in [2.45, 2.75) is 19.8 Å². The van der Waals surface area contributed by atoms with E-state index < -0.39 is 4.92 Å². The van der Waals surface area contributed by atoms with Gasteiger partial charge in [0, 0.05) is 48.0 Å². The Kier molecular flexibility index (Phi) is 7.85. The number of amides is 1. The third-order valence-corrected chi connectivity index (χ3v) is 6.64. The number of ketones is 1. The topological polar surface area (TPSA) is 83.8 Å². The van der Waals surface area contributed by atoms with Gasteiger partial charge in [0.05, 0.1) is 4.92 Å². The van der Waals surface area contributed by atoms with Crippen LogP contribution in [-0.2, 0) is 0 Å². The fraction of sp³-hybridized carbons (Fsp3) is 0.286. The zero-order valence-corrected chi connectivity index (χ0v) is 20.1. The molecule has 1 fully saturated rings. The number of likely N-dealkylation sites (tertiary alicyclic amines) is 1. The second kappa shape index (κ2) is 11.2. The first kappa shape index (κ1) is 25.2. The highest BCUT2D eigenvalue weighted by atomic mass is 19.1. The number of anilines is 1. The molecule has 1 aliphatic rings. The van der Waals surface area contributed by atoms with Crippen LogP contribution in [0.25, 0.3) is 0 Å². The van der Waals surface area contributed by atoms with E-state index >= 15 is 0 Å². The van der Waals surface area contributed by atoms with Gasteiger partial charge in [0.1, 0.15) is 5.82 Å². The van der Waals surface area contributed by atoms with Crippen molar-refractivity contribution in [3.05, 3.63) is 105 Å². The minimum Gasteiger partial charge on any atom is -0.307 e. The molecule has 186 valence electrons. The van der Waals surface area contributed by atoms with Crippen LogP contribution in [0.2, 0.25) is 0 Å². The number of nitro groups is 1. The average Bonchev–Trinajstić information content (AvgIpc) is 2.90. The van der Waals surface area contributed by atoms with Gasteiger partial charge >= 0.3 is 0 Å². The first-order valence-electron chi connectivity index (χ1n) is 12.0. The minimum atomic E-state index is -0.490. The predicted molar refractivity (Wildman–Crippen MR) is 136 cm³/mol. The van der Waals surface area contributed by atoms with Crippen molar-refractivity contribution in [1.82, 2.24) is 4.90 Å². The van der Waals surface area contributed by atoms with Crippen LogP contribution in [0.15, 0.2) is 72.8 Å². The van der Waals surface area contributed by atoms with Crippen LogP contribution in [0, 0.1) is 28.8 Å². The molecular weight excluding hydrogens is 461 g/mol. The molecule has 0 spiro atoms. The Hall–Kier alpha value is -3.91. The van der Waals surface area contributed by atoms with E-state index in [9.17, 15) is 24.1 Å². The maximum absolute atomic E-state index is 13.4. The third-order valence-electron chi connectivity index (χ3n) is 6.64. The quantitative estimate of drug-likeness (QED) is 0.244. The highest BCUT2D eigenvalue weighted by molar-refractivity contribution is 6.06. The van der Waals surface area contributed by atoms with Gasteiger partial charge in [0.25, 0.3) is 11.6 Å². The van der Waals surface area contributed by atoms with Crippen LogP contribution in [0.4, 0.5) is 15.8 Å². The zero-order valence-electron chi connectivity index (χ0n) is 20.1. The zero-order chi connectivity index (χ0) is 25.7. The Balaban J connectivity index is 1.41. The highest BCUT2D eigenvalue weighted by Crippen LogP contribution is 2.24. The number of piperidine rings is 1. The predicted octanol–water partition coefficient (Wildman–Crippen LogP) is 5.28. The van der Waals surface area contributed by atoms with Crippen LogP contribution < -0.4 is 4.90 Å². The Morgan fingerprint density at radius 2 is 1.53 bits per heavy atom. The number of aryl methyl sites for hydroxylation is 1. The van der Waals surface area contributed by atoms with Gasteiger partial charge in [-0.25, -0.2) is 4.39 Å². The molecule has 36 heavy (non-hydrogen) atoms. The standard InChI is InChI=1S/C28H28FN3O4/c1-20-2-10-25(11-3-20)31(28(34)23-6-12-26(13-7-23)32(35)36)19-18-30-16-14-22(15-17-30)27(33)21-4-8-24(29)9-5-21/h2-13,22H,14-19H2,1H3. The average molecular weight is 490 g/mol. The summed E-state index contributed by atoms with van der Waals surface area (Å²) in [5.74, 6) is -0.635. The number of benzene rings is 3. The molecule has 0 bridgehead atoms. The second-order valence-electron chi connectivity index (χ2n) is 9.08. The fourth-order valence-electron chi connectivity index (χ4n) is 4.46. The summed E-state index contributed by atoms with van der Waals surface area (Å²) < 4.78 is 13.2. The lowest BCUT2D eigenvalue weighted by Crippen LogP contribution is -2.42. The lowest BCUT2D eigenvalue weighted by Gasteiger charge is -2.33. The van der Waals surface area contributed by atoms with Gasteiger partial charge < -0.3 is 9.80 Å². The van der Waals surface area contributed by atoms with E-state index in [1.807, 2.05) is 31.2 Å². The molecule has 0 radical (unpaired) electrons. The SMILES string of the molecule is Cc1ccc(N(CCN2CCC(C(=O)c3ccc(F)cc3)CC2)C(=O)c2ccc([N+](=O)[O-])cc2)cc1. The van der Waals surface area contributed by atoms with E-state index in [1.54, 1.807) is 4.90 Å². The third kappa shape index (κ3) is 6.01. The molecule has 0 aromatic heterocycles. The molecule has 1 heterocycles. The van der Waals surface area contributed by atoms with Crippen molar-refractivity contribution in [1.29, 1.82) is 0 Å². The minimum absolute atomic E-state index is 0.0456. The molecule has 7 nitrogen and oxygen atoms in total. The summed E-state index contributed by atoms with van der Waals surface area (Å²) in [5, 5.41) is 11.0. The van der Waals surface area contributed by atoms with Crippen molar-refractivity contribution in [2.24, 2.45) is 5.92 Å². The number of non-ortho nitro benzene ring substituents is 1. The first-order chi connectivity index (χ1) is 17.3. The molecular formula is C28H28FN3O4. The summed E-state index contributed by atoms with van der Waals surface area (Å²) in [5.41, 5.74) is 2.69. The molecule has 1 amide bonds. The molecule has 3 aromatic rings. The molecule has 1 saturated heterocycles. The first-order valence-corrected chi connectivity index (χ1v) is 12.0. The second-order valence-corrected chi connectivity index (χ2v) is 9.08. The fourth-order valence-corrected chi connectivity index (χ4v) is 4.46.